The van der Waals surface area contributed by atoms with Crippen molar-refractivity contribution in [3.63, 3.8) is 0 Å². The summed E-state index contributed by atoms with van der Waals surface area (Å²) < 4.78 is 36.0. The number of nitrogens with one attached hydrogen (secondary N) is 1. The highest BCUT2D eigenvalue weighted by molar-refractivity contribution is 7.92. The molecule has 0 radical (unpaired) electrons. The SMILES string of the molecule is CCOC(=O)c1ccccc1NC(=O)[C@@H](C)N(c1cccc(OC)c1)S(C)(=O)=O. The minimum atomic E-state index is -3.79. The van der Waals surface area contributed by atoms with E-state index in [0.717, 1.165) is 10.6 Å². The van der Waals surface area contributed by atoms with Crippen molar-refractivity contribution in [2.75, 3.05) is 29.6 Å². The number of ether oxygens (including phenoxy) is 2. The molecule has 0 unspecified atom stereocenters. The van der Waals surface area contributed by atoms with E-state index in [1.54, 1.807) is 43.3 Å². The van der Waals surface area contributed by atoms with Gasteiger partial charge in [0, 0.05) is 6.07 Å². The number of nitrogens with zero attached hydrogens (tertiary/aromatic N) is 1. The molecule has 0 aliphatic rings. The summed E-state index contributed by atoms with van der Waals surface area (Å²) in [6.07, 6.45) is 1.02. The smallest absolute Gasteiger partial charge is 0.340 e. The molecule has 1 N–H and O–H groups in total. The lowest BCUT2D eigenvalue weighted by Gasteiger charge is -2.28. The van der Waals surface area contributed by atoms with Crippen LogP contribution in [0, 0.1) is 0 Å². The summed E-state index contributed by atoms with van der Waals surface area (Å²) in [7, 11) is -2.32. The summed E-state index contributed by atoms with van der Waals surface area (Å²) in [5.74, 6) is -0.727. The Morgan fingerprint density at radius 2 is 1.83 bits per heavy atom. The van der Waals surface area contributed by atoms with E-state index in [9.17, 15) is 18.0 Å². The van der Waals surface area contributed by atoms with E-state index in [0.29, 0.717) is 5.75 Å². The van der Waals surface area contributed by atoms with Crippen molar-refractivity contribution >= 4 is 33.3 Å². The molecule has 0 spiro atoms. The number of sulfonamides is 1. The van der Waals surface area contributed by atoms with E-state index in [1.165, 1.54) is 26.2 Å². The second-order valence-corrected chi connectivity index (χ2v) is 8.05. The molecule has 0 heterocycles. The van der Waals surface area contributed by atoms with Gasteiger partial charge in [-0.3, -0.25) is 9.10 Å². The maximum Gasteiger partial charge on any atom is 0.340 e. The van der Waals surface area contributed by atoms with E-state index in [4.69, 9.17) is 9.47 Å². The molecule has 0 aromatic heterocycles. The molecule has 0 aliphatic carbocycles. The number of hydrogen-bond acceptors (Lipinski definition) is 6. The highest BCUT2D eigenvalue weighted by Crippen LogP contribution is 2.26. The van der Waals surface area contributed by atoms with E-state index in [1.807, 2.05) is 0 Å². The van der Waals surface area contributed by atoms with Gasteiger partial charge in [0.15, 0.2) is 0 Å². The van der Waals surface area contributed by atoms with E-state index < -0.39 is 27.9 Å². The monoisotopic (exact) mass is 420 g/mol. The fourth-order valence-corrected chi connectivity index (χ4v) is 3.94. The van der Waals surface area contributed by atoms with Gasteiger partial charge in [0.25, 0.3) is 0 Å². The number of anilines is 2. The maximum absolute atomic E-state index is 12.9. The predicted molar refractivity (Wildman–Crippen MR) is 111 cm³/mol. The number of esters is 1. The van der Waals surface area contributed by atoms with Gasteiger partial charge in [-0.05, 0) is 38.1 Å². The molecule has 156 valence electrons. The third-order valence-electron chi connectivity index (χ3n) is 4.08. The molecule has 2 rings (SSSR count). The summed E-state index contributed by atoms with van der Waals surface area (Å²) in [5.41, 5.74) is 0.706. The Hall–Kier alpha value is -3.07. The third-order valence-corrected chi connectivity index (χ3v) is 5.32. The quantitative estimate of drug-likeness (QED) is 0.659. The van der Waals surface area contributed by atoms with Crippen molar-refractivity contribution in [1.29, 1.82) is 0 Å². The standard InChI is InChI=1S/C20H24N2O6S/c1-5-28-20(24)17-11-6-7-12-18(17)21-19(23)14(2)22(29(4,25)26)15-9-8-10-16(13-15)27-3/h6-14H,5H2,1-4H3,(H,21,23)/t14-/m1/s1. The Bertz CT molecular complexity index is 990. The fraction of sp³-hybridized carbons (Fsp3) is 0.300. The van der Waals surface area contributed by atoms with Crippen LogP contribution in [0.15, 0.2) is 48.5 Å². The van der Waals surface area contributed by atoms with Crippen molar-refractivity contribution in [2.45, 2.75) is 19.9 Å². The first-order valence-corrected chi connectivity index (χ1v) is 10.7. The lowest BCUT2D eigenvalue weighted by Crippen LogP contribution is -2.45. The number of carbonyl (C=O) groups excluding carboxylic acids is 2. The van der Waals surface area contributed by atoms with Crippen LogP contribution in [0.2, 0.25) is 0 Å². The van der Waals surface area contributed by atoms with Gasteiger partial charge in [-0.15, -0.1) is 0 Å². The number of para-hydroxylation sites is 1. The van der Waals surface area contributed by atoms with Gasteiger partial charge >= 0.3 is 5.97 Å². The number of benzene rings is 2. The van der Waals surface area contributed by atoms with E-state index in [-0.39, 0.29) is 23.5 Å². The van der Waals surface area contributed by atoms with Gasteiger partial charge in [-0.1, -0.05) is 18.2 Å². The summed E-state index contributed by atoms with van der Waals surface area (Å²) in [6, 6.07) is 11.7. The largest absolute Gasteiger partial charge is 0.497 e. The first kappa shape index (κ1) is 22.2. The Labute approximate surface area is 170 Å². The predicted octanol–water partition coefficient (Wildman–Crippen LogP) is 2.67. The average Bonchev–Trinajstić information content (AvgIpc) is 2.67. The Kier molecular flexibility index (Phi) is 7.22. The molecule has 29 heavy (non-hydrogen) atoms. The molecule has 8 nitrogen and oxygen atoms in total. The lowest BCUT2D eigenvalue weighted by molar-refractivity contribution is -0.116. The van der Waals surface area contributed by atoms with Gasteiger partial charge in [-0.2, -0.15) is 0 Å². The topological polar surface area (TPSA) is 102 Å². The summed E-state index contributed by atoms with van der Waals surface area (Å²) in [6.45, 7) is 3.33. The van der Waals surface area contributed by atoms with Crippen molar-refractivity contribution in [3.8, 4) is 5.75 Å². The molecular weight excluding hydrogens is 396 g/mol. The Balaban J connectivity index is 2.35. The number of hydrogen-bond donors (Lipinski definition) is 1. The number of rotatable bonds is 8. The van der Waals surface area contributed by atoms with Crippen molar-refractivity contribution in [3.05, 3.63) is 54.1 Å². The molecule has 0 bridgehead atoms. The summed E-state index contributed by atoms with van der Waals surface area (Å²) >= 11 is 0. The third kappa shape index (κ3) is 5.47. The van der Waals surface area contributed by atoms with Crippen LogP contribution >= 0.6 is 0 Å². The molecule has 1 amide bonds. The average molecular weight is 420 g/mol. The zero-order chi connectivity index (χ0) is 21.6. The van der Waals surface area contributed by atoms with Gasteiger partial charge in [-0.25, -0.2) is 13.2 Å². The molecule has 1 atom stereocenters. The second kappa shape index (κ2) is 9.42. The minimum Gasteiger partial charge on any atom is -0.497 e. The summed E-state index contributed by atoms with van der Waals surface area (Å²) in [5, 5.41) is 2.62. The highest BCUT2D eigenvalue weighted by Gasteiger charge is 2.30. The van der Waals surface area contributed by atoms with Crippen LogP contribution in [0.25, 0.3) is 0 Å². The van der Waals surface area contributed by atoms with Crippen LogP contribution in [0.4, 0.5) is 11.4 Å². The highest BCUT2D eigenvalue weighted by atomic mass is 32.2. The zero-order valence-corrected chi connectivity index (χ0v) is 17.5. The summed E-state index contributed by atoms with van der Waals surface area (Å²) in [4.78, 5) is 25.0. The van der Waals surface area contributed by atoms with Crippen LogP contribution in [0.1, 0.15) is 24.2 Å². The number of amides is 1. The normalized spacial score (nSPS) is 12.0. The first-order valence-electron chi connectivity index (χ1n) is 8.89. The molecule has 0 saturated heterocycles. The van der Waals surface area contributed by atoms with Crippen LogP contribution in [0.3, 0.4) is 0 Å². The van der Waals surface area contributed by atoms with Crippen LogP contribution in [0.5, 0.6) is 5.75 Å². The van der Waals surface area contributed by atoms with Gasteiger partial charge < -0.3 is 14.8 Å². The molecule has 9 heteroatoms. The zero-order valence-electron chi connectivity index (χ0n) is 16.7. The van der Waals surface area contributed by atoms with E-state index in [2.05, 4.69) is 5.32 Å². The molecule has 2 aromatic carbocycles. The van der Waals surface area contributed by atoms with Gasteiger partial charge in [0.1, 0.15) is 11.8 Å². The van der Waals surface area contributed by atoms with Gasteiger partial charge in [0.05, 0.1) is 36.9 Å². The second-order valence-electron chi connectivity index (χ2n) is 6.19. The maximum atomic E-state index is 12.9. The molecule has 0 fully saturated rings. The number of carbonyl (C=O) groups is 2. The van der Waals surface area contributed by atoms with Crippen molar-refractivity contribution in [1.82, 2.24) is 0 Å². The molecule has 0 aliphatic heterocycles. The van der Waals surface area contributed by atoms with E-state index >= 15 is 0 Å². The molecule has 0 saturated carbocycles. The van der Waals surface area contributed by atoms with Crippen molar-refractivity contribution in [2.24, 2.45) is 0 Å². The van der Waals surface area contributed by atoms with Crippen LogP contribution in [-0.4, -0.2) is 46.3 Å². The molecular formula is C20H24N2O6S. The Morgan fingerprint density at radius 1 is 1.14 bits per heavy atom. The Morgan fingerprint density at radius 3 is 2.45 bits per heavy atom. The van der Waals surface area contributed by atoms with Crippen LogP contribution < -0.4 is 14.4 Å². The van der Waals surface area contributed by atoms with Crippen molar-refractivity contribution < 1.29 is 27.5 Å². The lowest BCUT2D eigenvalue weighted by atomic mass is 10.1. The fourth-order valence-electron chi connectivity index (χ4n) is 2.77. The number of methoxy groups -OCH3 is 1. The minimum absolute atomic E-state index is 0.183. The van der Waals surface area contributed by atoms with Crippen LogP contribution in [-0.2, 0) is 19.6 Å². The molecule has 2 aromatic rings. The first-order chi connectivity index (χ1) is 13.7. The van der Waals surface area contributed by atoms with Gasteiger partial charge in [0.2, 0.25) is 15.9 Å².